The van der Waals surface area contributed by atoms with Crippen molar-refractivity contribution in [1.82, 2.24) is 0 Å². The molecule has 18 heavy (non-hydrogen) atoms. The van der Waals surface area contributed by atoms with Crippen LogP contribution in [0.1, 0.15) is 12.0 Å². The lowest BCUT2D eigenvalue weighted by molar-refractivity contribution is -0.0441. The SMILES string of the molecule is COC(OC)[SiH2]CCCNc1ccc(C)c(N)c1. The Labute approximate surface area is 112 Å². The van der Waals surface area contributed by atoms with Gasteiger partial charge in [0, 0.05) is 32.1 Å². The first-order chi connectivity index (χ1) is 8.67. The fourth-order valence-electron chi connectivity index (χ4n) is 1.75. The molecule has 0 saturated heterocycles. The number of ether oxygens (including phenoxy) is 2. The maximum atomic E-state index is 5.86. The van der Waals surface area contributed by atoms with E-state index in [9.17, 15) is 0 Å². The van der Waals surface area contributed by atoms with Crippen LogP contribution in [0, 0.1) is 6.92 Å². The smallest absolute Gasteiger partial charge is 0.134 e. The van der Waals surface area contributed by atoms with Crippen molar-refractivity contribution in [2.75, 3.05) is 31.8 Å². The van der Waals surface area contributed by atoms with Gasteiger partial charge < -0.3 is 20.5 Å². The molecule has 102 valence electrons. The summed E-state index contributed by atoms with van der Waals surface area (Å²) in [6.07, 6.45) is 1.14. The summed E-state index contributed by atoms with van der Waals surface area (Å²) in [7, 11) is 3.11. The lowest BCUT2D eigenvalue weighted by atomic mass is 10.2. The van der Waals surface area contributed by atoms with E-state index in [1.165, 1.54) is 6.04 Å². The van der Waals surface area contributed by atoms with E-state index in [0.29, 0.717) is 0 Å². The lowest BCUT2D eigenvalue weighted by Crippen LogP contribution is -2.21. The molecule has 0 unspecified atom stereocenters. The molecule has 1 aromatic rings. The van der Waals surface area contributed by atoms with Gasteiger partial charge in [0.2, 0.25) is 0 Å². The predicted molar refractivity (Wildman–Crippen MR) is 79.9 cm³/mol. The monoisotopic (exact) mass is 268 g/mol. The summed E-state index contributed by atoms with van der Waals surface area (Å²) < 4.78 is 10.4. The van der Waals surface area contributed by atoms with E-state index in [0.717, 1.165) is 29.9 Å². The van der Waals surface area contributed by atoms with Gasteiger partial charge in [0.05, 0.1) is 9.52 Å². The van der Waals surface area contributed by atoms with Crippen molar-refractivity contribution in [1.29, 1.82) is 0 Å². The second kappa shape index (κ2) is 8.13. The number of nitrogen functional groups attached to an aromatic ring is 1. The summed E-state index contributed by atoms with van der Waals surface area (Å²) in [5.41, 5.74) is 8.92. The van der Waals surface area contributed by atoms with Crippen molar-refractivity contribution in [3.05, 3.63) is 23.8 Å². The van der Waals surface area contributed by atoms with Crippen molar-refractivity contribution in [2.45, 2.75) is 25.3 Å². The summed E-state index contributed by atoms with van der Waals surface area (Å²) in [6, 6.07) is 7.30. The maximum Gasteiger partial charge on any atom is 0.134 e. The van der Waals surface area contributed by atoms with Crippen LogP contribution in [0.5, 0.6) is 0 Å². The fraction of sp³-hybridized carbons (Fsp3) is 0.538. The van der Waals surface area contributed by atoms with Crippen LogP contribution >= 0.6 is 0 Å². The number of aryl methyl sites for hydroxylation is 1. The minimum absolute atomic E-state index is 0.0556. The van der Waals surface area contributed by atoms with Gasteiger partial charge in [-0.2, -0.15) is 0 Å². The molecule has 0 fully saturated rings. The molecular formula is C13H24N2O2Si. The van der Waals surface area contributed by atoms with Crippen LogP contribution in [0.3, 0.4) is 0 Å². The predicted octanol–water partition coefficient (Wildman–Crippen LogP) is 1.54. The largest absolute Gasteiger partial charge is 0.398 e. The third-order valence-electron chi connectivity index (χ3n) is 3.00. The Bertz CT molecular complexity index is 357. The Morgan fingerprint density at radius 3 is 2.67 bits per heavy atom. The highest BCUT2D eigenvalue weighted by Gasteiger charge is 2.04. The number of methoxy groups -OCH3 is 2. The van der Waals surface area contributed by atoms with Crippen molar-refractivity contribution < 1.29 is 9.47 Å². The zero-order valence-electron chi connectivity index (χ0n) is 11.5. The van der Waals surface area contributed by atoms with Crippen LogP contribution in [0.2, 0.25) is 6.04 Å². The molecule has 0 bridgehead atoms. The second-order valence-electron chi connectivity index (χ2n) is 4.39. The van der Waals surface area contributed by atoms with E-state index in [4.69, 9.17) is 15.2 Å². The Balaban J connectivity index is 2.19. The quantitative estimate of drug-likeness (QED) is 0.325. The molecule has 0 saturated carbocycles. The lowest BCUT2D eigenvalue weighted by Gasteiger charge is -2.13. The van der Waals surface area contributed by atoms with Gasteiger partial charge in [-0.1, -0.05) is 12.1 Å². The molecule has 0 spiro atoms. The number of hydrogen-bond donors (Lipinski definition) is 2. The molecule has 0 radical (unpaired) electrons. The highest BCUT2D eigenvalue weighted by atomic mass is 28.2. The summed E-state index contributed by atoms with van der Waals surface area (Å²) in [5.74, 6) is 0.0556. The van der Waals surface area contributed by atoms with Gasteiger partial charge in [0.15, 0.2) is 0 Å². The van der Waals surface area contributed by atoms with E-state index in [-0.39, 0.29) is 15.4 Å². The molecule has 4 nitrogen and oxygen atoms in total. The van der Waals surface area contributed by atoms with Crippen LogP contribution in [-0.4, -0.2) is 36.2 Å². The summed E-state index contributed by atoms with van der Waals surface area (Å²) >= 11 is 0. The van der Waals surface area contributed by atoms with Crippen LogP contribution < -0.4 is 11.1 Å². The maximum absolute atomic E-state index is 5.86. The van der Waals surface area contributed by atoms with E-state index >= 15 is 0 Å². The molecule has 0 amide bonds. The van der Waals surface area contributed by atoms with Gasteiger partial charge in [-0.3, -0.25) is 0 Å². The first-order valence-electron chi connectivity index (χ1n) is 6.33. The Morgan fingerprint density at radius 2 is 2.06 bits per heavy atom. The number of nitrogens with two attached hydrogens (primary N) is 1. The van der Waals surface area contributed by atoms with E-state index < -0.39 is 0 Å². The molecule has 3 N–H and O–H groups in total. The molecule has 0 aliphatic rings. The first-order valence-corrected chi connectivity index (χ1v) is 8.14. The molecule has 1 rings (SSSR count). The van der Waals surface area contributed by atoms with Crippen LogP contribution in [-0.2, 0) is 9.47 Å². The van der Waals surface area contributed by atoms with Gasteiger partial charge in [-0.15, -0.1) is 0 Å². The van der Waals surface area contributed by atoms with Crippen molar-refractivity contribution in [2.24, 2.45) is 0 Å². The second-order valence-corrected chi connectivity index (χ2v) is 6.35. The molecular weight excluding hydrogens is 244 g/mol. The Hall–Kier alpha value is -1.04. The highest BCUT2D eigenvalue weighted by molar-refractivity contribution is 6.36. The Kier molecular flexibility index (Phi) is 6.78. The molecule has 0 aromatic heterocycles. The van der Waals surface area contributed by atoms with Crippen molar-refractivity contribution in [3.63, 3.8) is 0 Å². The fourth-order valence-corrected chi connectivity index (χ4v) is 3.09. The van der Waals surface area contributed by atoms with Gasteiger partial charge in [0.1, 0.15) is 5.91 Å². The standard InChI is InChI=1S/C13H24N2O2Si/c1-10-5-6-11(9-12(10)14)15-7-4-8-18-13(16-2)17-3/h5-6,9,13,15H,4,7-8,14,18H2,1-3H3. The van der Waals surface area contributed by atoms with Crippen LogP contribution in [0.25, 0.3) is 0 Å². The number of nitrogens with one attached hydrogen (secondary N) is 1. The summed E-state index contributed by atoms with van der Waals surface area (Å²) in [4.78, 5) is 0. The highest BCUT2D eigenvalue weighted by Crippen LogP contribution is 2.16. The van der Waals surface area contributed by atoms with Crippen molar-refractivity contribution >= 4 is 20.9 Å². The molecule has 0 heterocycles. The van der Waals surface area contributed by atoms with Crippen molar-refractivity contribution in [3.8, 4) is 0 Å². The zero-order chi connectivity index (χ0) is 13.4. The van der Waals surface area contributed by atoms with E-state index in [1.807, 2.05) is 19.1 Å². The van der Waals surface area contributed by atoms with Gasteiger partial charge in [0.25, 0.3) is 0 Å². The number of hydrogen-bond acceptors (Lipinski definition) is 4. The van der Waals surface area contributed by atoms with Crippen LogP contribution in [0.15, 0.2) is 18.2 Å². The third kappa shape index (κ3) is 5.08. The average molecular weight is 268 g/mol. The topological polar surface area (TPSA) is 56.5 Å². The zero-order valence-corrected chi connectivity index (χ0v) is 12.9. The molecule has 0 aliphatic carbocycles. The van der Waals surface area contributed by atoms with Crippen LogP contribution in [0.4, 0.5) is 11.4 Å². The molecule has 0 atom stereocenters. The van der Waals surface area contributed by atoms with Gasteiger partial charge in [-0.25, -0.2) is 0 Å². The minimum Gasteiger partial charge on any atom is -0.398 e. The number of rotatable bonds is 8. The van der Waals surface area contributed by atoms with Gasteiger partial charge in [-0.05, 0) is 31.0 Å². The minimum atomic E-state index is -0.298. The average Bonchev–Trinajstić information content (AvgIpc) is 2.38. The van der Waals surface area contributed by atoms with E-state index in [1.54, 1.807) is 14.2 Å². The summed E-state index contributed by atoms with van der Waals surface area (Å²) in [5, 5.41) is 3.38. The van der Waals surface area contributed by atoms with Gasteiger partial charge >= 0.3 is 0 Å². The number of benzene rings is 1. The molecule has 0 aliphatic heterocycles. The normalized spacial score (nSPS) is 11.6. The first kappa shape index (κ1) is 15.0. The molecule has 1 aromatic carbocycles. The van der Waals surface area contributed by atoms with E-state index in [2.05, 4.69) is 11.4 Å². The summed E-state index contributed by atoms with van der Waals surface area (Å²) in [6.45, 7) is 2.98. The molecule has 5 heteroatoms. The third-order valence-corrected chi connectivity index (χ3v) is 5.05. The number of anilines is 2. The Morgan fingerprint density at radius 1 is 1.33 bits per heavy atom.